The van der Waals surface area contributed by atoms with Crippen molar-refractivity contribution in [3.05, 3.63) is 0 Å². The molecule has 0 saturated carbocycles. The fraction of sp³-hybridized carbons (Fsp3) is 0.667. The molecule has 0 aromatic heterocycles. The Kier molecular flexibility index (Phi) is 8.14. The van der Waals surface area contributed by atoms with Crippen LogP contribution in [0.25, 0.3) is 0 Å². The van der Waals surface area contributed by atoms with Gasteiger partial charge < -0.3 is 34.7 Å². The maximum Gasteiger partial charge on any atom is 0.407 e. The summed E-state index contributed by atoms with van der Waals surface area (Å²) in [6, 6.07) is 0. The molecular formula is C9H18N3O7P. The average molecular weight is 311 g/mol. The topological polar surface area (TPSA) is 132 Å². The highest BCUT2D eigenvalue weighted by Crippen LogP contribution is 2.45. The van der Waals surface area contributed by atoms with Crippen LogP contribution in [-0.2, 0) is 18.8 Å². The van der Waals surface area contributed by atoms with E-state index in [1.807, 2.05) is 0 Å². The van der Waals surface area contributed by atoms with Crippen LogP contribution < -0.4 is 16.0 Å². The molecule has 0 heterocycles. The standard InChI is InChI=1S/C9H18N3O7P/c1-10-7(13)17-4-20(16,5-18-8(14)11-2)6-19-9(15)12-3/h4-6H2,1-3H3,(H,10,13)(H,11,14)(H,12,15). The number of amides is 3. The van der Waals surface area contributed by atoms with Crippen LogP contribution in [0.1, 0.15) is 0 Å². The van der Waals surface area contributed by atoms with Crippen LogP contribution >= 0.6 is 7.14 Å². The summed E-state index contributed by atoms with van der Waals surface area (Å²) in [6.07, 6.45) is -3.98. The summed E-state index contributed by atoms with van der Waals surface area (Å²) < 4.78 is 26.3. The van der Waals surface area contributed by atoms with Gasteiger partial charge in [-0.05, 0) is 0 Å². The summed E-state index contributed by atoms with van der Waals surface area (Å²) in [6.45, 7) is 0. The molecule has 0 bridgehead atoms. The van der Waals surface area contributed by atoms with E-state index < -0.39 is 44.5 Å². The van der Waals surface area contributed by atoms with Crippen molar-refractivity contribution in [1.29, 1.82) is 0 Å². The first-order valence-electron chi connectivity index (χ1n) is 5.47. The van der Waals surface area contributed by atoms with Gasteiger partial charge in [-0.1, -0.05) is 0 Å². The SMILES string of the molecule is CNC(=O)OCP(=O)(COC(=O)NC)COC(=O)NC. The molecule has 0 unspecified atom stereocenters. The van der Waals surface area contributed by atoms with E-state index in [9.17, 15) is 18.9 Å². The van der Waals surface area contributed by atoms with Gasteiger partial charge >= 0.3 is 18.3 Å². The minimum atomic E-state index is -3.37. The van der Waals surface area contributed by atoms with Gasteiger partial charge in [0.15, 0.2) is 26.2 Å². The molecule has 0 atom stereocenters. The molecule has 0 aliphatic heterocycles. The highest BCUT2D eigenvalue weighted by atomic mass is 31.2. The third-order valence-corrected chi connectivity index (χ3v) is 3.70. The summed E-state index contributed by atoms with van der Waals surface area (Å²) in [5.74, 6) is 0. The summed E-state index contributed by atoms with van der Waals surface area (Å²) >= 11 is 0. The first-order valence-corrected chi connectivity index (χ1v) is 7.73. The van der Waals surface area contributed by atoms with Crippen LogP contribution in [0.2, 0.25) is 0 Å². The zero-order valence-electron chi connectivity index (χ0n) is 11.4. The molecule has 3 amide bonds. The smallest absolute Gasteiger partial charge is 0.407 e. The zero-order valence-corrected chi connectivity index (χ0v) is 12.3. The summed E-state index contributed by atoms with van der Waals surface area (Å²) in [4.78, 5) is 32.9. The highest BCUT2D eigenvalue weighted by molar-refractivity contribution is 7.63. The van der Waals surface area contributed by atoms with Crippen LogP contribution in [0.15, 0.2) is 0 Å². The van der Waals surface area contributed by atoms with Crippen molar-refractivity contribution >= 4 is 25.4 Å². The number of carbonyl (C=O) groups is 3. The second kappa shape index (κ2) is 9.03. The Balaban J connectivity index is 4.56. The minimum Gasteiger partial charge on any atom is -0.441 e. The Morgan fingerprint density at radius 3 is 1.20 bits per heavy atom. The number of ether oxygens (including phenoxy) is 3. The van der Waals surface area contributed by atoms with Gasteiger partial charge in [0.1, 0.15) is 0 Å². The molecule has 0 aromatic carbocycles. The van der Waals surface area contributed by atoms with E-state index in [-0.39, 0.29) is 0 Å². The number of nitrogens with one attached hydrogen (secondary N) is 3. The largest absolute Gasteiger partial charge is 0.441 e. The van der Waals surface area contributed by atoms with Crippen molar-refractivity contribution in [2.45, 2.75) is 0 Å². The Hall–Kier alpha value is -1.96. The quantitative estimate of drug-likeness (QED) is 0.474. The number of hydrogen-bond donors (Lipinski definition) is 3. The first-order chi connectivity index (χ1) is 9.36. The molecule has 0 aromatic rings. The Bertz CT molecular complexity index is 344. The van der Waals surface area contributed by atoms with Crippen molar-refractivity contribution in [1.82, 2.24) is 16.0 Å². The normalized spacial score (nSPS) is 10.2. The molecule has 0 fully saturated rings. The van der Waals surface area contributed by atoms with Crippen molar-refractivity contribution < 1.29 is 33.2 Å². The molecule has 11 heteroatoms. The lowest BCUT2D eigenvalue weighted by atomic mass is 11.1. The fourth-order valence-corrected chi connectivity index (χ4v) is 2.14. The second-order valence-electron chi connectivity index (χ2n) is 3.49. The van der Waals surface area contributed by atoms with E-state index in [4.69, 9.17) is 0 Å². The van der Waals surface area contributed by atoms with Crippen LogP contribution in [0.4, 0.5) is 14.4 Å². The summed E-state index contributed by atoms with van der Waals surface area (Å²) in [5.41, 5.74) is 0. The van der Waals surface area contributed by atoms with Crippen molar-refractivity contribution in [3.8, 4) is 0 Å². The third kappa shape index (κ3) is 7.47. The van der Waals surface area contributed by atoms with Gasteiger partial charge in [0, 0.05) is 21.1 Å². The second-order valence-corrected chi connectivity index (χ2v) is 6.38. The van der Waals surface area contributed by atoms with Crippen LogP contribution in [0.3, 0.4) is 0 Å². The Morgan fingerprint density at radius 2 is 1.00 bits per heavy atom. The van der Waals surface area contributed by atoms with E-state index in [1.54, 1.807) is 0 Å². The van der Waals surface area contributed by atoms with Gasteiger partial charge in [-0.15, -0.1) is 0 Å². The first kappa shape index (κ1) is 18.0. The third-order valence-electron chi connectivity index (χ3n) is 1.91. The van der Waals surface area contributed by atoms with Gasteiger partial charge in [0.05, 0.1) is 0 Å². The molecule has 0 rings (SSSR count). The lowest BCUT2D eigenvalue weighted by molar-refractivity contribution is 0.150. The zero-order chi connectivity index (χ0) is 15.6. The molecule has 0 aliphatic rings. The molecule has 10 nitrogen and oxygen atoms in total. The molecule has 0 aliphatic carbocycles. The minimum absolute atomic E-state index is 0.527. The lowest BCUT2D eigenvalue weighted by Crippen LogP contribution is -2.25. The van der Waals surface area contributed by atoms with Crippen molar-refractivity contribution in [3.63, 3.8) is 0 Å². The van der Waals surface area contributed by atoms with Crippen molar-refractivity contribution in [2.75, 3.05) is 40.2 Å². The molecule has 20 heavy (non-hydrogen) atoms. The van der Waals surface area contributed by atoms with E-state index >= 15 is 0 Å². The molecule has 0 spiro atoms. The van der Waals surface area contributed by atoms with Gasteiger partial charge in [0.25, 0.3) is 0 Å². The van der Waals surface area contributed by atoms with Gasteiger partial charge in [-0.3, -0.25) is 0 Å². The Morgan fingerprint density at radius 1 is 0.750 bits per heavy atom. The maximum atomic E-state index is 12.4. The predicted molar refractivity (Wildman–Crippen MR) is 68.8 cm³/mol. The fourth-order valence-electron chi connectivity index (χ4n) is 0.857. The van der Waals surface area contributed by atoms with Crippen LogP contribution in [0.5, 0.6) is 0 Å². The van der Waals surface area contributed by atoms with E-state index in [0.717, 1.165) is 0 Å². The highest BCUT2D eigenvalue weighted by Gasteiger charge is 2.28. The molecule has 3 N–H and O–H groups in total. The van der Waals surface area contributed by atoms with E-state index in [1.165, 1.54) is 21.1 Å². The van der Waals surface area contributed by atoms with E-state index in [0.29, 0.717) is 0 Å². The predicted octanol–water partition coefficient (Wildman–Crippen LogP) is 0.290. The molecule has 0 saturated heterocycles. The Labute approximate surface area is 115 Å². The van der Waals surface area contributed by atoms with E-state index in [2.05, 4.69) is 30.2 Å². The number of hydrogen-bond acceptors (Lipinski definition) is 7. The van der Waals surface area contributed by atoms with Crippen LogP contribution in [-0.4, -0.2) is 58.5 Å². The molecule has 0 radical (unpaired) electrons. The van der Waals surface area contributed by atoms with Crippen LogP contribution in [0, 0.1) is 0 Å². The molecular weight excluding hydrogens is 293 g/mol. The maximum absolute atomic E-state index is 12.4. The molecule has 116 valence electrons. The number of rotatable bonds is 6. The van der Waals surface area contributed by atoms with Crippen molar-refractivity contribution in [2.24, 2.45) is 0 Å². The van der Waals surface area contributed by atoms with Gasteiger partial charge in [0.2, 0.25) is 0 Å². The lowest BCUT2D eigenvalue weighted by Gasteiger charge is -2.17. The number of alkyl carbamates (subject to hydrolysis) is 3. The summed E-state index contributed by atoms with van der Waals surface area (Å²) in [7, 11) is 0.616. The summed E-state index contributed by atoms with van der Waals surface area (Å²) in [5, 5.41) is 6.50. The monoisotopic (exact) mass is 311 g/mol. The van der Waals surface area contributed by atoms with Gasteiger partial charge in [-0.2, -0.15) is 0 Å². The number of carbonyl (C=O) groups excluding carboxylic acids is 3. The average Bonchev–Trinajstić information content (AvgIpc) is 2.47. The van der Waals surface area contributed by atoms with Gasteiger partial charge in [-0.25, -0.2) is 14.4 Å².